The zero-order chi connectivity index (χ0) is 20.7. The number of amides is 2. The minimum atomic E-state index is -0.106. The Morgan fingerprint density at radius 3 is 2.18 bits per heavy atom. The summed E-state index contributed by atoms with van der Waals surface area (Å²) in [5, 5.41) is 5.94. The first kappa shape index (κ1) is 22.1. The molecule has 2 rings (SSSR count). The number of aryl methyl sites for hydroxylation is 1. The van der Waals surface area contributed by atoms with Gasteiger partial charge < -0.3 is 15.5 Å². The number of para-hydroxylation sites is 1. The fraction of sp³-hybridized carbons (Fsp3) is 0.364. The van der Waals surface area contributed by atoms with Crippen molar-refractivity contribution in [1.29, 1.82) is 0 Å². The standard InChI is InChI=1S/C22H28BrN3O2/c1-5-26(13-20(27)24-18-11-9-17(23)10-12-18)14-21(28)25-22-16(4)7-6-8-19(22)15(2)3/h6-12,15H,5,13-14H2,1-4H3,(H,24,27)(H,25,28)/p+1. The first-order valence-electron chi connectivity index (χ1n) is 9.58. The Morgan fingerprint density at radius 1 is 1.00 bits per heavy atom. The van der Waals surface area contributed by atoms with E-state index in [1.165, 1.54) is 0 Å². The third-order valence-corrected chi connectivity index (χ3v) is 5.17. The van der Waals surface area contributed by atoms with Crippen LogP contribution < -0.4 is 15.5 Å². The van der Waals surface area contributed by atoms with Gasteiger partial charge in [-0.1, -0.05) is 48.0 Å². The summed E-state index contributed by atoms with van der Waals surface area (Å²) >= 11 is 3.38. The molecule has 1 unspecified atom stereocenters. The van der Waals surface area contributed by atoms with Gasteiger partial charge in [0.05, 0.1) is 6.54 Å². The highest BCUT2D eigenvalue weighted by atomic mass is 79.9. The van der Waals surface area contributed by atoms with Gasteiger partial charge in [-0.05, 0) is 55.2 Å². The van der Waals surface area contributed by atoms with Crippen molar-refractivity contribution < 1.29 is 14.5 Å². The largest absolute Gasteiger partial charge is 0.321 e. The second-order valence-electron chi connectivity index (χ2n) is 7.25. The minimum Gasteiger partial charge on any atom is -0.321 e. The van der Waals surface area contributed by atoms with E-state index in [1.807, 2.05) is 56.3 Å². The van der Waals surface area contributed by atoms with Gasteiger partial charge >= 0.3 is 0 Å². The van der Waals surface area contributed by atoms with Crippen LogP contribution in [-0.2, 0) is 9.59 Å². The average Bonchev–Trinajstić information content (AvgIpc) is 2.64. The predicted molar refractivity (Wildman–Crippen MR) is 118 cm³/mol. The molecule has 1 atom stereocenters. The van der Waals surface area contributed by atoms with Crippen molar-refractivity contribution in [3.05, 3.63) is 58.1 Å². The molecular weight excluding hydrogens is 418 g/mol. The molecule has 0 heterocycles. The van der Waals surface area contributed by atoms with E-state index in [-0.39, 0.29) is 24.9 Å². The quantitative estimate of drug-likeness (QED) is 0.581. The van der Waals surface area contributed by atoms with Crippen LogP contribution in [0.2, 0.25) is 0 Å². The van der Waals surface area contributed by atoms with Crippen LogP contribution in [0.3, 0.4) is 0 Å². The smallest absolute Gasteiger partial charge is 0.279 e. The van der Waals surface area contributed by atoms with Crippen LogP contribution >= 0.6 is 15.9 Å². The second kappa shape index (κ2) is 10.4. The molecule has 0 spiro atoms. The van der Waals surface area contributed by atoms with Crippen LogP contribution in [0.4, 0.5) is 11.4 Å². The molecule has 2 amide bonds. The molecular formula is C22H29BrN3O2+. The fourth-order valence-corrected chi connectivity index (χ4v) is 3.30. The maximum atomic E-state index is 12.6. The number of anilines is 2. The van der Waals surface area contributed by atoms with Gasteiger partial charge in [0.25, 0.3) is 11.8 Å². The molecule has 0 radical (unpaired) electrons. The van der Waals surface area contributed by atoms with E-state index in [0.29, 0.717) is 12.5 Å². The summed E-state index contributed by atoms with van der Waals surface area (Å²) in [6.07, 6.45) is 0. The first-order valence-corrected chi connectivity index (χ1v) is 10.4. The molecule has 2 aromatic rings. The highest BCUT2D eigenvalue weighted by Gasteiger charge is 2.19. The number of nitrogens with one attached hydrogen (secondary N) is 3. The molecule has 3 N–H and O–H groups in total. The summed E-state index contributed by atoms with van der Waals surface area (Å²) in [5.41, 5.74) is 3.80. The van der Waals surface area contributed by atoms with Gasteiger partial charge in [0.15, 0.2) is 13.1 Å². The number of hydrogen-bond acceptors (Lipinski definition) is 2. The third kappa shape index (κ3) is 6.46. The van der Waals surface area contributed by atoms with E-state index in [4.69, 9.17) is 0 Å². The molecule has 0 aliphatic heterocycles. The lowest BCUT2D eigenvalue weighted by molar-refractivity contribution is -0.881. The summed E-state index contributed by atoms with van der Waals surface area (Å²) in [6, 6.07) is 13.5. The molecule has 0 aliphatic carbocycles. The lowest BCUT2D eigenvalue weighted by Crippen LogP contribution is -3.13. The van der Waals surface area contributed by atoms with Crippen molar-refractivity contribution >= 4 is 39.1 Å². The Morgan fingerprint density at radius 2 is 1.61 bits per heavy atom. The lowest BCUT2D eigenvalue weighted by atomic mass is 9.98. The second-order valence-corrected chi connectivity index (χ2v) is 8.17. The number of halogens is 1. The number of likely N-dealkylation sites (N-methyl/N-ethyl adjacent to an activating group) is 1. The molecule has 0 aromatic heterocycles. The summed E-state index contributed by atoms with van der Waals surface area (Å²) in [7, 11) is 0. The maximum absolute atomic E-state index is 12.6. The van der Waals surface area contributed by atoms with E-state index in [2.05, 4.69) is 40.4 Å². The summed E-state index contributed by atoms with van der Waals surface area (Å²) < 4.78 is 0.958. The van der Waals surface area contributed by atoms with E-state index in [9.17, 15) is 9.59 Å². The molecule has 0 aliphatic rings. The normalized spacial score (nSPS) is 11.9. The zero-order valence-electron chi connectivity index (χ0n) is 16.9. The number of carbonyl (C=O) groups excluding carboxylic acids is 2. The van der Waals surface area contributed by atoms with Gasteiger partial charge in [-0.3, -0.25) is 9.59 Å². The SMILES string of the molecule is CC[NH+](CC(=O)Nc1ccc(Br)cc1)CC(=O)Nc1c(C)cccc1C(C)C. The number of benzene rings is 2. The average molecular weight is 447 g/mol. The number of hydrogen-bond donors (Lipinski definition) is 3. The van der Waals surface area contributed by atoms with Crippen LogP contribution in [0.15, 0.2) is 46.9 Å². The van der Waals surface area contributed by atoms with Crippen molar-refractivity contribution in [3.8, 4) is 0 Å². The fourth-order valence-electron chi connectivity index (χ4n) is 3.03. The molecule has 6 heteroatoms. The van der Waals surface area contributed by atoms with Crippen LogP contribution in [0.5, 0.6) is 0 Å². The zero-order valence-corrected chi connectivity index (χ0v) is 18.5. The van der Waals surface area contributed by atoms with Gasteiger partial charge in [-0.15, -0.1) is 0 Å². The molecule has 150 valence electrons. The van der Waals surface area contributed by atoms with Crippen LogP contribution in [0, 0.1) is 6.92 Å². The highest BCUT2D eigenvalue weighted by Crippen LogP contribution is 2.27. The molecule has 0 bridgehead atoms. The number of carbonyl (C=O) groups is 2. The van der Waals surface area contributed by atoms with Gasteiger partial charge in [0.1, 0.15) is 0 Å². The lowest BCUT2D eigenvalue weighted by Gasteiger charge is -2.19. The maximum Gasteiger partial charge on any atom is 0.279 e. The monoisotopic (exact) mass is 446 g/mol. The van der Waals surface area contributed by atoms with Gasteiger partial charge in [-0.2, -0.15) is 0 Å². The Balaban J connectivity index is 1.96. The Bertz CT molecular complexity index is 819. The van der Waals surface area contributed by atoms with E-state index < -0.39 is 0 Å². The predicted octanol–water partition coefficient (Wildman–Crippen LogP) is 3.36. The van der Waals surface area contributed by atoms with Crippen molar-refractivity contribution in [3.63, 3.8) is 0 Å². The highest BCUT2D eigenvalue weighted by molar-refractivity contribution is 9.10. The number of rotatable bonds is 8. The third-order valence-electron chi connectivity index (χ3n) is 4.64. The molecule has 0 saturated heterocycles. The molecule has 28 heavy (non-hydrogen) atoms. The summed E-state index contributed by atoms with van der Waals surface area (Å²) in [6.45, 7) is 9.37. The van der Waals surface area contributed by atoms with E-state index >= 15 is 0 Å². The van der Waals surface area contributed by atoms with Crippen LogP contribution in [0.25, 0.3) is 0 Å². The van der Waals surface area contributed by atoms with Crippen LogP contribution in [-0.4, -0.2) is 31.4 Å². The van der Waals surface area contributed by atoms with E-state index in [1.54, 1.807) is 0 Å². The van der Waals surface area contributed by atoms with E-state index in [0.717, 1.165) is 31.9 Å². The van der Waals surface area contributed by atoms with Crippen molar-refractivity contribution in [2.75, 3.05) is 30.3 Å². The van der Waals surface area contributed by atoms with Crippen molar-refractivity contribution in [2.45, 2.75) is 33.6 Å². The Hall–Kier alpha value is -2.18. The van der Waals surface area contributed by atoms with Gasteiger partial charge in [-0.25, -0.2) is 0 Å². The van der Waals surface area contributed by atoms with Gasteiger partial charge in [0, 0.05) is 15.8 Å². The first-order chi connectivity index (χ1) is 13.3. The minimum absolute atomic E-state index is 0.0792. The van der Waals surface area contributed by atoms with Gasteiger partial charge in [0.2, 0.25) is 0 Å². The molecule has 5 nitrogen and oxygen atoms in total. The summed E-state index contributed by atoms with van der Waals surface area (Å²) in [4.78, 5) is 25.9. The van der Waals surface area contributed by atoms with Crippen LogP contribution in [0.1, 0.15) is 37.8 Å². The van der Waals surface area contributed by atoms with Crippen molar-refractivity contribution in [1.82, 2.24) is 0 Å². The number of quaternary nitrogens is 1. The molecule has 0 fully saturated rings. The summed E-state index contributed by atoms with van der Waals surface area (Å²) in [5.74, 6) is 0.136. The van der Waals surface area contributed by atoms with Crippen molar-refractivity contribution in [2.24, 2.45) is 0 Å². The topological polar surface area (TPSA) is 62.6 Å². The Labute approximate surface area is 175 Å². The Kier molecular flexibility index (Phi) is 8.20. The molecule has 2 aromatic carbocycles. The molecule has 0 saturated carbocycles.